The number of hydrogen-bond donors (Lipinski definition) is 2. The molecule has 0 aliphatic rings. The van der Waals surface area contributed by atoms with E-state index in [1.165, 1.54) is 0 Å². The smallest absolute Gasteiger partial charge is 0.368 e. The Balaban J connectivity index is 2.86. The monoisotopic (exact) mass is 290 g/mol. The Hall–Kier alpha value is -1.53. The predicted octanol–water partition coefficient (Wildman–Crippen LogP) is 3.85. The number of nitrogens with one attached hydrogen (secondary N) is 1. The van der Waals surface area contributed by atoms with Crippen molar-refractivity contribution in [2.45, 2.75) is 58.2 Å². The fourth-order valence-corrected chi connectivity index (χ4v) is 1.98. The topological polar surface area (TPSA) is 63.8 Å². The third-order valence-corrected chi connectivity index (χ3v) is 2.93. The Bertz CT molecular complexity index is 421. The van der Waals surface area contributed by atoms with Crippen LogP contribution in [-0.2, 0) is 6.18 Å². The fraction of sp³-hybridized carbons (Fsp3) is 0.692. The van der Waals surface area contributed by atoms with Gasteiger partial charge in [0.1, 0.15) is 5.82 Å². The number of alkyl halides is 3. The molecule has 20 heavy (non-hydrogen) atoms. The quantitative estimate of drug-likeness (QED) is 0.800. The van der Waals surface area contributed by atoms with Gasteiger partial charge in [-0.15, -0.1) is 0 Å². The number of nitrogens with two attached hydrogens (primary N) is 1. The van der Waals surface area contributed by atoms with Crippen LogP contribution >= 0.6 is 0 Å². The maximum atomic E-state index is 12.7. The zero-order valence-electron chi connectivity index (χ0n) is 11.8. The minimum Gasteiger partial charge on any atom is -0.368 e. The number of anilines is 2. The van der Waals surface area contributed by atoms with Crippen LogP contribution in [0.1, 0.15) is 51.6 Å². The van der Waals surface area contributed by atoms with Crippen molar-refractivity contribution < 1.29 is 13.2 Å². The van der Waals surface area contributed by atoms with Gasteiger partial charge in [-0.05, 0) is 12.8 Å². The van der Waals surface area contributed by atoms with Crippen LogP contribution in [0.5, 0.6) is 0 Å². The van der Waals surface area contributed by atoms with E-state index in [4.69, 9.17) is 5.73 Å². The lowest BCUT2D eigenvalue weighted by molar-refractivity contribution is -0.141. The van der Waals surface area contributed by atoms with E-state index in [0.717, 1.165) is 38.2 Å². The summed E-state index contributed by atoms with van der Waals surface area (Å²) in [6.45, 7) is 4.11. The number of nitrogens with zero attached hydrogens (tertiary/aromatic N) is 2. The molecule has 0 fully saturated rings. The molecule has 1 heterocycles. The van der Waals surface area contributed by atoms with Crippen molar-refractivity contribution in [3.8, 4) is 0 Å². The van der Waals surface area contributed by atoms with E-state index in [1.54, 1.807) is 0 Å². The first-order valence-corrected chi connectivity index (χ1v) is 6.85. The zero-order valence-corrected chi connectivity index (χ0v) is 11.8. The molecule has 114 valence electrons. The molecule has 0 spiro atoms. The molecular formula is C13H21F3N4. The highest BCUT2D eigenvalue weighted by atomic mass is 19.4. The summed E-state index contributed by atoms with van der Waals surface area (Å²) in [6.07, 6.45) is 0.276. The van der Waals surface area contributed by atoms with E-state index in [2.05, 4.69) is 22.2 Å². The summed E-state index contributed by atoms with van der Waals surface area (Å²) in [5.74, 6) is -0.229. The molecule has 3 N–H and O–H groups in total. The van der Waals surface area contributed by atoms with E-state index in [-0.39, 0.29) is 17.8 Å². The lowest BCUT2D eigenvalue weighted by Crippen LogP contribution is -2.21. The summed E-state index contributed by atoms with van der Waals surface area (Å²) in [5, 5.41) is 3.04. The molecule has 1 atom stereocenters. The molecule has 1 aromatic heterocycles. The van der Waals surface area contributed by atoms with Gasteiger partial charge in [-0.3, -0.25) is 0 Å². The first-order chi connectivity index (χ1) is 9.36. The van der Waals surface area contributed by atoms with Crippen molar-refractivity contribution >= 4 is 11.8 Å². The minimum atomic E-state index is -4.52. The lowest BCUT2D eigenvalue weighted by atomic mass is 10.1. The summed E-state index contributed by atoms with van der Waals surface area (Å²) < 4.78 is 38.0. The van der Waals surface area contributed by atoms with Gasteiger partial charge in [0.25, 0.3) is 0 Å². The molecule has 0 radical (unpaired) electrons. The van der Waals surface area contributed by atoms with Crippen molar-refractivity contribution in [1.82, 2.24) is 9.97 Å². The van der Waals surface area contributed by atoms with Crippen LogP contribution in [0.25, 0.3) is 0 Å². The molecule has 0 bridgehead atoms. The molecule has 0 aromatic carbocycles. The predicted molar refractivity (Wildman–Crippen MR) is 73.3 cm³/mol. The molecule has 7 heteroatoms. The van der Waals surface area contributed by atoms with Gasteiger partial charge in [-0.2, -0.15) is 18.2 Å². The van der Waals surface area contributed by atoms with E-state index < -0.39 is 11.9 Å². The summed E-state index contributed by atoms with van der Waals surface area (Å²) >= 11 is 0. The third kappa shape index (κ3) is 5.22. The average Bonchev–Trinajstić information content (AvgIpc) is 2.34. The van der Waals surface area contributed by atoms with E-state index in [0.29, 0.717) is 0 Å². The third-order valence-electron chi connectivity index (χ3n) is 2.93. The highest BCUT2D eigenvalue weighted by molar-refractivity contribution is 5.42. The first kappa shape index (κ1) is 16.5. The molecule has 0 saturated heterocycles. The van der Waals surface area contributed by atoms with Crippen LogP contribution < -0.4 is 11.1 Å². The van der Waals surface area contributed by atoms with E-state index in [9.17, 15) is 13.2 Å². The summed E-state index contributed by atoms with van der Waals surface area (Å²) in [4.78, 5) is 7.06. The summed E-state index contributed by atoms with van der Waals surface area (Å²) in [7, 11) is 0. The van der Waals surface area contributed by atoms with Crippen molar-refractivity contribution in [3.05, 3.63) is 11.8 Å². The number of unbranched alkanes of at least 4 members (excludes halogenated alkanes) is 1. The van der Waals surface area contributed by atoms with Crippen molar-refractivity contribution in [3.63, 3.8) is 0 Å². The highest BCUT2D eigenvalue weighted by Crippen LogP contribution is 2.29. The second-order valence-electron chi connectivity index (χ2n) is 4.77. The van der Waals surface area contributed by atoms with Gasteiger partial charge < -0.3 is 11.1 Å². The van der Waals surface area contributed by atoms with Crippen molar-refractivity contribution in [1.29, 1.82) is 0 Å². The van der Waals surface area contributed by atoms with Gasteiger partial charge in [0.05, 0.1) is 0 Å². The average molecular weight is 290 g/mol. The molecule has 1 rings (SSSR count). The van der Waals surface area contributed by atoms with Gasteiger partial charge >= 0.3 is 6.18 Å². The second kappa shape index (κ2) is 7.31. The molecule has 4 nitrogen and oxygen atoms in total. The van der Waals surface area contributed by atoms with Gasteiger partial charge in [0.15, 0.2) is 5.69 Å². The van der Waals surface area contributed by atoms with Gasteiger partial charge in [-0.25, -0.2) is 4.98 Å². The largest absolute Gasteiger partial charge is 0.433 e. The number of aromatic nitrogens is 2. The molecule has 0 aliphatic heterocycles. The van der Waals surface area contributed by atoms with Gasteiger partial charge in [0, 0.05) is 12.1 Å². The SMILES string of the molecule is CCCCC(CCC)Nc1cc(C(F)(F)F)nc(N)n1. The number of rotatable bonds is 7. The highest BCUT2D eigenvalue weighted by Gasteiger charge is 2.33. The first-order valence-electron chi connectivity index (χ1n) is 6.85. The van der Waals surface area contributed by atoms with Crippen LogP contribution in [-0.4, -0.2) is 16.0 Å². The molecule has 1 unspecified atom stereocenters. The van der Waals surface area contributed by atoms with Gasteiger partial charge in [0.2, 0.25) is 5.95 Å². The van der Waals surface area contributed by atoms with Gasteiger partial charge in [-0.1, -0.05) is 33.1 Å². The number of hydrogen-bond acceptors (Lipinski definition) is 4. The molecular weight excluding hydrogens is 269 g/mol. The van der Waals surface area contributed by atoms with Crippen LogP contribution in [0.4, 0.5) is 24.9 Å². The van der Waals surface area contributed by atoms with E-state index >= 15 is 0 Å². The molecule has 0 saturated carbocycles. The fourth-order valence-electron chi connectivity index (χ4n) is 1.98. The Kier molecular flexibility index (Phi) is 6.04. The second-order valence-corrected chi connectivity index (χ2v) is 4.77. The Morgan fingerprint density at radius 2 is 1.90 bits per heavy atom. The Morgan fingerprint density at radius 1 is 1.20 bits per heavy atom. The zero-order chi connectivity index (χ0) is 15.2. The van der Waals surface area contributed by atoms with Crippen LogP contribution in [0.15, 0.2) is 6.07 Å². The Labute approximate surface area is 117 Å². The minimum absolute atomic E-state index is 0.107. The molecule has 0 amide bonds. The molecule has 1 aromatic rings. The number of halogens is 3. The Morgan fingerprint density at radius 3 is 2.45 bits per heavy atom. The van der Waals surface area contributed by atoms with Crippen LogP contribution in [0.3, 0.4) is 0 Å². The maximum absolute atomic E-state index is 12.7. The molecule has 0 aliphatic carbocycles. The van der Waals surface area contributed by atoms with Crippen LogP contribution in [0, 0.1) is 0 Å². The summed E-state index contributed by atoms with van der Waals surface area (Å²) in [5.41, 5.74) is 4.33. The standard InChI is InChI=1S/C13H21F3N4/c1-3-5-7-9(6-4-2)18-11-8-10(13(14,15)16)19-12(17)20-11/h8-9H,3-7H2,1-2H3,(H3,17,18,19,20). The van der Waals surface area contributed by atoms with Crippen molar-refractivity contribution in [2.75, 3.05) is 11.1 Å². The lowest BCUT2D eigenvalue weighted by Gasteiger charge is -2.19. The van der Waals surface area contributed by atoms with Crippen molar-refractivity contribution in [2.24, 2.45) is 0 Å². The number of nitrogen functional groups attached to an aromatic ring is 1. The summed E-state index contributed by atoms with van der Waals surface area (Å²) in [6, 6.07) is 1.01. The van der Waals surface area contributed by atoms with Crippen LogP contribution in [0.2, 0.25) is 0 Å². The maximum Gasteiger partial charge on any atom is 0.433 e. The van der Waals surface area contributed by atoms with E-state index in [1.807, 2.05) is 6.92 Å². The normalized spacial score (nSPS) is 13.2.